The lowest BCUT2D eigenvalue weighted by Crippen LogP contribution is -2.45. The molecule has 1 aromatic rings. The summed E-state index contributed by atoms with van der Waals surface area (Å²) in [6, 6.07) is 0.147. The number of ether oxygens (including phenoxy) is 1. The van der Waals surface area contributed by atoms with Gasteiger partial charge in [-0.05, 0) is 38.5 Å². The summed E-state index contributed by atoms with van der Waals surface area (Å²) in [5.41, 5.74) is 5.92. The average Bonchev–Trinajstić information content (AvgIpc) is 2.74. The summed E-state index contributed by atoms with van der Waals surface area (Å²) in [7, 11) is 1.42. The summed E-state index contributed by atoms with van der Waals surface area (Å²) in [6.07, 6.45) is 7.78. The average molecular weight is 425 g/mol. The molecule has 2 heterocycles. The molecule has 0 bridgehead atoms. The summed E-state index contributed by atoms with van der Waals surface area (Å²) in [6.45, 7) is 1.43. The van der Waals surface area contributed by atoms with Gasteiger partial charge in [-0.15, -0.1) is 12.4 Å². The highest BCUT2D eigenvalue weighted by Crippen LogP contribution is 2.26. The van der Waals surface area contributed by atoms with Gasteiger partial charge < -0.3 is 20.7 Å². The van der Waals surface area contributed by atoms with Gasteiger partial charge in [0.15, 0.2) is 0 Å². The topological polar surface area (TPSA) is 134 Å². The Labute approximate surface area is 176 Å². The fourth-order valence-corrected chi connectivity index (χ4v) is 3.92. The van der Waals surface area contributed by atoms with Gasteiger partial charge in [0.1, 0.15) is 5.84 Å². The van der Waals surface area contributed by atoms with Crippen LogP contribution in [-0.2, 0) is 14.3 Å². The minimum atomic E-state index is -0.143. The molecule has 0 aromatic carbocycles. The fraction of sp³-hybridized carbons (Fsp3) is 0.632. The highest BCUT2D eigenvalue weighted by Gasteiger charge is 2.31. The maximum Gasteiger partial charge on any atom is 0.308 e. The van der Waals surface area contributed by atoms with Crippen LogP contribution in [0.5, 0.6) is 0 Å². The maximum absolute atomic E-state index is 12.6. The first-order valence-corrected chi connectivity index (χ1v) is 9.77. The van der Waals surface area contributed by atoms with E-state index in [-0.39, 0.29) is 48.0 Å². The number of amides is 1. The molecule has 1 saturated carbocycles. The van der Waals surface area contributed by atoms with Crippen LogP contribution in [0.4, 0.5) is 5.95 Å². The van der Waals surface area contributed by atoms with Crippen molar-refractivity contribution in [2.75, 3.05) is 25.1 Å². The number of hydrogen-bond donors (Lipinski definition) is 3. The van der Waals surface area contributed by atoms with Crippen molar-refractivity contribution >= 4 is 36.1 Å². The van der Waals surface area contributed by atoms with Gasteiger partial charge in [-0.25, -0.2) is 9.97 Å². The molecule has 1 aliphatic heterocycles. The van der Waals surface area contributed by atoms with Crippen molar-refractivity contribution in [1.29, 1.82) is 5.41 Å². The molecule has 3 rings (SSSR count). The van der Waals surface area contributed by atoms with Gasteiger partial charge in [0.2, 0.25) is 11.9 Å². The predicted molar refractivity (Wildman–Crippen MR) is 111 cm³/mol. The first-order valence-electron chi connectivity index (χ1n) is 9.77. The number of anilines is 1. The van der Waals surface area contributed by atoms with E-state index in [0.717, 1.165) is 38.5 Å². The van der Waals surface area contributed by atoms with E-state index in [0.29, 0.717) is 24.6 Å². The van der Waals surface area contributed by atoms with Gasteiger partial charge in [0, 0.05) is 37.4 Å². The summed E-state index contributed by atoms with van der Waals surface area (Å²) in [5, 5.41) is 10.6. The Balaban J connectivity index is 0.00000300. The monoisotopic (exact) mass is 424 g/mol. The Morgan fingerprint density at radius 1 is 1.10 bits per heavy atom. The zero-order valence-electron chi connectivity index (χ0n) is 16.6. The summed E-state index contributed by atoms with van der Waals surface area (Å²) >= 11 is 0. The van der Waals surface area contributed by atoms with Crippen molar-refractivity contribution in [2.45, 2.75) is 44.6 Å². The maximum atomic E-state index is 12.6. The largest absolute Gasteiger partial charge is 0.469 e. The molecule has 0 unspecified atom stereocenters. The second-order valence-corrected chi connectivity index (χ2v) is 7.53. The van der Waals surface area contributed by atoms with Crippen molar-refractivity contribution in [3.63, 3.8) is 0 Å². The van der Waals surface area contributed by atoms with Crippen molar-refractivity contribution in [3.8, 4) is 0 Å². The highest BCUT2D eigenvalue weighted by molar-refractivity contribution is 5.94. The Bertz CT molecular complexity index is 713. The SMILES string of the molecule is COC(=O)[C@H]1CC[C@H](NC(=O)C2CCN(c3ncc(C(=N)N)cn3)CC2)CC1.Cl. The number of halogens is 1. The number of aromatic nitrogens is 2. The summed E-state index contributed by atoms with van der Waals surface area (Å²) in [5.74, 6) is 0.471. The molecule has 1 amide bonds. The van der Waals surface area contributed by atoms with Gasteiger partial charge in [-0.1, -0.05) is 0 Å². The minimum Gasteiger partial charge on any atom is -0.469 e. The molecule has 2 fully saturated rings. The van der Waals surface area contributed by atoms with Gasteiger partial charge in [0.05, 0.1) is 18.6 Å². The second kappa shape index (κ2) is 10.4. The van der Waals surface area contributed by atoms with Gasteiger partial charge in [-0.2, -0.15) is 0 Å². The molecule has 10 heteroatoms. The normalized spacial score (nSPS) is 22.3. The lowest BCUT2D eigenvalue weighted by atomic mass is 9.85. The molecule has 1 aliphatic carbocycles. The van der Waals surface area contributed by atoms with E-state index in [2.05, 4.69) is 20.2 Å². The van der Waals surface area contributed by atoms with Crippen molar-refractivity contribution in [1.82, 2.24) is 15.3 Å². The number of nitrogens with two attached hydrogens (primary N) is 1. The van der Waals surface area contributed by atoms with E-state index in [1.54, 1.807) is 12.4 Å². The number of nitrogens with one attached hydrogen (secondary N) is 2. The number of esters is 1. The van der Waals surface area contributed by atoms with Crippen LogP contribution in [0.15, 0.2) is 12.4 Å². The predicted octanol–water partition coefficient (Wildman–Crippen LogP) is 1.25. The van der Waals surface area contributed by atoms with E-state index < -0.39 is 0 Å². The van der Waals surface area contributed by atoms with Crippen LogP contribution < -0.4 is 16.0 Å². The standard InChI is InChI=1S/C19H28N6O3.ClH/c1-28-18(27)13-2-4-15(5-3-13)24-17(26)12-6-8-25(9-7-12)19-22-10-14(11-23-19)16(20)21;/h10-13,15H,2-9H2,1H3,(H3,20,21)(H,24,26);1H/t13-,15-;. The molecule has 1 saturated heterocycles. The third kappa shape index (κ3) is 5.79. The molecule has 0 radical (unpaired) electrons. The van der Waals surface area contributed by atoms with E-state index in [9.17, 15) is 9.59 Å². The minimum absolute atomic E-state index is 0. The number of carbonyl (C=O) groups is 2. The van der Waals surface area contributed by atoms with E-state index in [1.807, 2.05) is 0 Å². The molecule has 4 N–H and O–H groups in total. The van der Waals surface area contributed by atoms with Crippen molar-refractivity contribution in [2.24, 2.45) is 17.6 Å². The third-order valence-corrected chi connectivity index (χ3v) is 5.71. The number of piperidine rings is 1. The third-order valence-electron chi connectivity index (χ3n) is 5.71. The van der Waals surface area contributed by atoms with Crippen LogP contribution in [0.2, 0.25) is 0 Å². The smallest absolute Gasteiger partial charge is 0.308 e. The molecule has 160 valence electrons. The molecule has 29 heavy (non-hydrogen) atoms. The zero-order chi connectivity index (χ0) is 20.1. The number of amidine groups is 1. The molecule has 1 aromatic heterocycles. The van der Waals surface area contributed by atoms with Crippen LogP contribution >= 0.6 is 12.4 Å². The molecular formula is C19H29ClN6O3. The Hall–Kier alpha value is -2.42. The van der Waals surface area contributed by atoms with Crippen LogP contribution in [0.25, 0.3) is 0 Å². The molecule has 0 atom stereocenters. The highest BCUT2D eigenvalue weighted by atomic mass is 35.5. The number of nitrogens with zero attached hydrogens (tertiary/aromatic N) is 3. The summed E-state index contributed by atoms with van der Waals surface area (Å²) in [4.78, 5) is 34.8. The van der Waals surface area contributed by atoms with Gasteiger partial charge >= 0.3 is 5.97 Å². The van der Waals surface area contributed by atoms with E-state index in [1.165, 1.54) is 7.11 Å². The summed E-state index contributed by atoms with van der Waals surface area (Å²) < 4.78 is 4.81. The Kier molecular flexibility index (Phi) is 8.19. The van der Waals surface area contributed by atoms with Crippen LogP contribution in [0.3, 0.4) is 0 Å². The zero-order valence-corrected chi connectivity index (χ0v) is 17.4. The number of carbonyl (C=O) groups excluding carboxylic acids is 2. The first kappa shape index (κ1) is 22.9. The number of methoxy groups -OCH3 is 1. The van der Waals surface area contributed by atoms with Crippen LogP contribution in [-0.4, -0.2) is 53.9 Å². The fourth-order valence-electron chi connectivity index (χ4n) is 3.92. The Morgan fingerprint density at radius 2 is 1.69 bits per heavy atom. The van der Waals surface area contributed by atoms with Crippen LogP contribution in [0.1, 0.15) is 44.1 Å². The molecular weight excluding hydrogens is 396 g/mol. The second-order valence-electron chi connectivity index (χ2n) is 7.53. The number of hydrogen-bond acceptors (Lipinski definition) is 7. The first-order chi connectivity index (χ1) is 13.5. The number of rotatable bonds is 5. The van der Waals surface area contributed by atoms with E-state index in [4.69, 9.17) is 15.9 Å². The van der Waals surface area contributed by atoms with Gasteiger partial charge in [-0.3, -0.25) is 15.0 Å². The van der Waals surface area contributed by atoms with Crippen LogP contribution in [0, 0.1) is 17.2 Å². The molecule has 2 aliphatic rings. The van der Waals surface area contributed by atoms with E-state index >= 15 is 0 Å². The lowest BCUT2D eigenvalue weighted by Gasteiger charge is -2.33. The molecule has 0 spiro atoms. The quantitative estimate of drug-likeness (QED) is 0.367. The van der Waals surface area contributed by atoms with Crippen molar-refractivity contribution < 1.29 is 14.3 Å². The number of nitrogen functional groups attached to an aromatic ring is 1. The molecule has 9 nitrogen and oxygen atoms in total. The Morgan fingerprint density at radius 3 is 2.21 bits per heavy atom. The van der Waals surface area contributed by atoms with Crippen molar-refractivity contribution in [3.05, 3.63) is 18.0 Å². The lowest BCUT2D eigenvalue weighted by molar-refractivity contribution is -0.146. The van der Waals surface area contributed by atoms with Gasteiger partial charge in [0.25, 0.3) is 0 Å².